The lowest BCUT2D eigenvalue weighted by Gasteiger charge is -2.02. The van der Waals surface area contributed by atoms with Gasteiger partial charge in [-0.3, -0.25) is 0 Å². The minimum atomic E-state index is -0.458. The van der Waals surface area contributed by atoms with Gasteiger partial charge in [-0.05, 0) is 59.7 Å². The first-order valence-corrected chi connectivity index (χ1v) is 9.25. The van der Waals surface area contributed by atoms with Crippen molar-refractivity contribution < 1.29 is 19.1 Å². The summed E-state index contributed by atoms with van der Waals surface area (Å²) in [5.41, 5.74) is 16.3. The topological polar surface area (TPSA) is 105 Å². The van der Waals surface area contributed by atoms with E-state index in [0.29, 0.717) is 45.1 Å². The highest BCUT2D eigenvalue weighted by atomic mass is 16.5. The van der Waals surface area contributed by atoms with Gasteiger partial charge in [0, 0.05) is 22.5 Å². The van der Waals surface area contributed by atoms with Crippen LogP contribution < -0.4 is 20.9 Å². The van der Waals surface area contributed by atoms with Gasteiger partial charge in [-0.2, -0.15) is 0 Å². The van der Waals surface area contributed by atoms with Crippen LogP contribution in [0.15, 0.2) is 60.7 Å². The molecule has 0 unspecified atom stereocenters. The Hall–Kier alpha value is -4.32. The zero-order valence-corrected chi connectivity index (χ0v) is 15.7. The van der Waals surface area contributed by atoms with Crippen LogP contribution in [0.25, 0.3) is 23.3 Å². The van der Waals surface area contributed by atoms with E-state index in [0.717, 1.165) is 11.1 Å². The van der Waals surface area contributed by atoms with Gasteiger partial charge >= 0.3 is 11.9 Å². The highest BCUT2D eigenvalue weighted by molar-refractivity contribution is 6.29. The summed E-state index contributed by atoms with van der Waals surface area (Å²) in [5, 5.41) is 0. The second kappa shape index (κ2) is 6.63. The van der Waals surface area contributed by atoms with Gasteiger partial charge in [0.15, 0.2) is 0 Å². The Morgan fingerprint density at radius 2 is 0.967 bits per heavy atom. The van der Waals surface area contributed by atoms with Crippen molar-refractivity contribution in [2.45, 2.75) is 0 Å². The highest BCUT2D eigenvalue weighted by Gasteiger charge is 2.34. The Bertz CT molecular complexity index is 1170. The Labute approximate surface area is 172 Å². The molecule has 5 rings (SSSR count). The summed E-state index contributed by atoms with van der Waals surface area (Å²) in [6.07, 6.45) is 3.45. The number of carbonyl (C=O) groups is 2. The van der Waals surface area contributed by atoms with Crippen molar-refractivity contribution in [2.75, 3.05) is 11.5 Å². The molecule has 146 valence electrons. The van der Waals surface area contributed by atoms with Crippen LogP contribution in [0.3, 0.4) is 0 Å². The van der Waals surface area contributed by atoms with Gasteiger partial charge in [-0.25, -0.2) is 9.59 Å². The summed E-state index contributed by atoms with van der Waals surface area (Å²) in [6, 6.07) is 17.6. The fourth-order valence-electron chi connectivity index (χ4n) is 3.47. The summed E-state index contributed by atoms with van der Waals surface area (Å²) < 4.78 is 10.9. The van der Waals surface area contributed by atoms with Gasteiger partial charge in [0.2, 0.25) is 0 Å². The minimum Gasteiger partial charge on any atom is -0.422 e. The van der Waals surface area contributed by atoms with E-state index in [-0.39, 0.29) is 0 Å². The number of hydrogen-bond acceptors (Lipinski definition) is 6. The van der Waals surface area contributed by atoms with Crippen LogP contribution in [0.5, 0.6) is 11.5 Å². The predicted octanol–water partition coefficient (Wildman–Crippen LogP) is 3.77. The van der Waals surface area contributed by atoms with Crippen LogP contribution in [0.4, 0.5) is 11.4 Å². The van der Waals surface area contributed by atoms with Crippen molar-refractivity contribution >= 4 is 46.6 Å². The van der Waals surface area contributed by atoms with Gasteiger partial charge < -0.3 is 20.9 Å². The van der Waals surface area contributed by atoms with Gasteiger partial charge in [0.25, 0.3) is 0 Å². The quantitative estimate of drug-likeness (QED) is 0.296. The number of esters is 2. The third kappa shape index (κ3) is 3.00. The second-order valence-corrected chi connectivity index (χ2v) is 7.07. The molecule has 0 bridgehead atoms. The molecule has 4 N–H and O–H groups in total. The molecule has 0 amide bonds. The smallest absolute Gasteiger partial charge is 0.344 e. The molecule has 0 radical (unpaired) electrons. The number of hydrogen-bond donors (Lipinski definition) is 2. The summed E-state index contributed by atoms with van der Waals surface area (Å²) in [4.78, 5) is 24.9. The summed E-state index contributed by atoms with van der Waals surface area (Å²) in [7, 11) is 0. The number of fused-ring (bicyclic) bond motifs is 2. The normalized spacial score (nSPS) is 17.1. The van der Waals surface area contributed by atoms with E-state index in [2.05, 4.69) is 0 Å². The lowest BCUT2D eigenvalue weighted by molar-refractivity contribution is -0.127. The highest BCUT2D eigenvalue weighted by Crippen LogP contribution is 2.45. The molecule has 30 heavy (non-hydrogen) atoms. The first kappa shape index (κ1) is 17.8. The number of rotatable bonds is 2. The molecule has 2 heterocycles. The molecule has 2 aliphatic rings. The number of anilines is 2. The molecular formula is C24H16N2O4. The molecule has 0 saturated carbocycles. The van der Waals surface area contributed by atoms with E-state index in [1.165, 1.54) is 0 Å². The molecule has 3 aromatic rings. The van der Waals surface area contributed by atoms with Crippen LogP contribution in [0.1, 0.15) is 22.3 Å². The molecule has 0 fully saturated rings. The molecule has 0 atom stereocenters. The van der Waals surface area contributed by atoms with E-state index < -0.39 is 11.9 Å². The lowest BCUT2D eigenvalue weighted by atomic mass is 9.98. The fourth-order valence-corrected chi connectivity index (χ4v) is 3.47. The fraction of sp³-hybridized carbons (Fsp3) is 0. The van der Waals surface area contributed by atoms with Gasteiger partial charge in [0.1, 0.15) is 11.5 Å². The SMILES string of the molecule is Nc1ccc(/C=C2\C(=O)Oc3cc4c(cc32)OC(=O)/C4=C\c2ccc(N)cc2)cc1. The van der Waals surface area contributed by atoms with Crippen LogP contribution in [-0.4, -0.2) is 11.9 Å². The molecule has 3 aromatic carbocycles. The largest absolute Gasteiger partial charge is 0.422 e. The van der Waals surface area contributed by atoms with Crippen molar-refractivity contribution in [3.63, 3.8) is 0 Å². The summed E-state index contributed by atoms with van der Waals surface area (Å²) in [6.45, 7) is 0. The van der Waals surface area contributed by atoms with Crippen molar-refractivity contribution in [3.8, 4) is 11.5 Å². The number of ether oxygens (including phenoxy) is 2. The first-order chi connectivity index (χ1) is 14.5. The first-order valence-electron chi connectivity index (χ1n) is 9.25. The van der Waals surface area contributed by atoms with Crippen LogP contribution in [0.2, 0.25) is 0 Å². The Morgan fingerprint density at radius 3 is 1.33 bits per heavy atom. The maximum absolute atomic E-state index is 12.5. The molecule has 0 spiro atoms. The zero-order chi connectivity index (χ0) is 20.8. The summed E-state index contributed by atoms with van der Waals surface area (Å²) in [5.74, 6) is -0.134. The van der Waals surface area contributed by atoms with E-state index >= 15 is 0 Å². The zero-order valence-electron chi connectivity index (χ0n) is 15.7. The average molecular weight is 396 g/mol. The monoisotopic (exact) mass is 396 g/mol. The maximum Gasteiger partial charge on any atom is 0.344 e. The maximum atomic E-state index is 12.5. The van der Waals surface area contributed by atoms with E-state index in [1.54, 1.807) is 48.6 Å². The molecule has 2 aliphatic heterocycles. The lowest BCUT2D eigenvalue weighted by Crippen LogP contribution is -2.01. The molecule has 0 aliphatic carbocycles. The second-order valence-electron chi connectivity index (χ2n) is 7.07. The average Bonchev–Trinajstić information content (AvgIpc) is 3.19. The van der Waals surface area contributed by atoms with Crippen molar-refractivity contribution in [1.29, 1.82) is 0 Å². The van der Waals surface area contributed by atoms with E-state index in [4.69, 9.17) is 20.9 Å². The standard InChI is InChI=1S/C24H16N2O4/c25-15-5-1-13(2-6-15)9-19-17-11-22-18(12-21(17)29-23(19)27)20(24(28)30-22)10-14-3-7-16(26)8-4-14/h1-12H,25-26H2/b19-9-,20-10-. The Kier molecular flexibility index (Phi) is 3.93. The molecule has 6 nitrogen and oxygen atoms in total. The van der Waals surface area contributed by atoms with Gasteiger partial charge in [0.05, 0.1) is 11.1 Å². The number of carbonyl (C=O) groups excluding carboxylic acids is 2. The van der Waals surface area contributed by atoms with Crippen molar-refractivity contribution in [1.82, 2.24) is 0 Å². The predicted molar refractivity (Wildman–Crippen MR) is 115 cm³/mol. The Balaban J connectivity index is 1.57. The minimum absolute atomic E-state index is 0.391. The van der Waals surface area contributed by atoms with Crippen LogP contribution in [-0.2, 0) is 9.59 Å². The third-order valence-electron chi connectivity index (χ3n) is 5.00. The molecular weight excluding hydrogens is 380 g/mol. The van der Waals surface area contributed by atoms with E-state index in [9.17, 15) is 9.59 Å². The molecule has 0 aromatic heterocycles. The van der Waals surface area contributed by atoms with E-state index in [1.807, 2.05) is 24.3 Å². The van der Waals surface area contributed by atoms with Gasteiger partial charge in [-0.1, -0.05) is 24.3 Å². The molecule has 0 saturated heterocycles. The van der Waals surface area contributed by atoms with Crippen LogP contribution in [0, 0.1) is 0 Å². The van der Waals surface area contributed by atoms with Crippen LogP contribution >= 0.6 is 0 Å². The van der Waals surface area contributed by atoms with Gasteiger partial charge in [-0.15, -0.1) is 0 Å². The summed E-state index contributed by atoms with van der Waals surface area (Å²) >= 11 is 0. The van der Waals surface area contributed by atoms with Crippen molar-refractivity contribution in [2.24, 2.45) is 0 Å². The number of nitrogen functional groups attached to an aromatic ring is 2. The molecule has 6 heteroatoms. The number of nitrogens with two attached hydrogens (primary N) is 2. The van der Waals surface area contributed by atoms with Crippen molar-refractivity contribution in [3.05, 3.63) is 82.9 Å². The Morgan fingerprint density at radius 1 is 0.600 bits per heavy atom. The number of benzene rings is 3. The third-order valence-corrected chi connectivity index (χ3v) is 5.00.